The first-order valence-electron chi connectivity index (χ1n) is 13.4. The molecule has 1 aromatic heterocycles. The molecule has 1 aliphatic carbocycles. The van der Waals surface area contributed by atoms with Crippen LogP contribution in [0.2, 0.25) is 0 Å². The van der Waals surface area contributed by atoms with E-state index >= 15 is 0 Å². The predicted molar refractivity (Wildman–Crippen MR) is 153 cm³/mol. The van der Waals surface area contributed by atoms with Crippen LogP contribution in [0.4, 0.5) is 17.2 Å². The highest BCUT2D eigenvalue weighted by molar-refractivity contribution is 6.21. The maximum absolute atomic E-state index is 13.6. The average molecular weight is 502 g/mol. The van der Waals surface area contributed by atoms with E-state index in [1.54, 1.807) is 4.90 Å². The van der Waals surface area contributed by atoms with Crippen molar-refractivity contribution in [3.05, 3.63) is 102 Å². The number of amides is 1. The molecular formula is C32H31N5O. The van der Waals surface area contributed by atoms with E-state index in [1.807, 2.05) is 31.4 Å². The molecule has 3 aliphatic rings. The summed E-state index contributed by atoms with van der Waals surface area (Å²) in [7, 11) is 1.85. The molecule has 0 radical (unpaired) electrons. The number of rotatable bonds is 5. The van der Waals surface area contributed by atoms with E-state index in [2.05, 4.69) is 82.4 Å². The van der Waals surface area contributed by atoms with Crippen molar-refractivity contribution in [2.75, 3.05) is 17.3 Å². The number of carbonyl (C=O) groups excluding carboxylic acids is 1. The lowest BCUT2D eigenvalue weighted by Crippen LogP contribution is -2.51. The van der Waals surface area contributed by atoms with Crippen molar-refractivity contribution in [3.8, 4) is 11.1 Å². The highest BCUT2D eigenvalue weighted by Crippen LogP contribution is 2.46. The lowest BCUT2D eigenvalue weighted by molar-refractivity contribution is 0.0865. The van der Waals surface area contributed by atoms with Crippen molar-refractivity contribution in [1.29, 1.82) is 0 Å². The third-order valence-corrected chi connectivity index (χ3v) is 8.09. The van der Waals surface area contributed by atoms with Crippen molar-refractivity contribution < 1.29 is 4.79 Å². The van der Waals surface area contributed by atoms with Gasteiger partial charge in [-0.25, -0.2) is 4.99 Å². The van der Waals surface area contributed by atoms with Gasteiger partial charge in [0.1, 0.15) is 5.82 Å². The molecule has 2 aliphatic heterocycles. The van der Waals surface area contributed by atoms with Gasteiger partial charge in [0.2, 0.25) is 5.96 Å². The number of aromatic nitrogens is 1. The van der Waals surface area contributed by atoms with Crippen molar-refractivity contribution in [3.63, 3.8) is 0 Å². The summed E-state index contributed by atoms with van der Waals surface area (Å²) in [6.45, 7) is 2.78. The van der Waals surface area contributed by atoms with Gasteiger partial charge in [-0.1, -0.05) is 72.3 Å². The first kappa shape index (κ1) is 22.8. The summed E-state index contributed by atoms with van der Waals surface area (Å²) >= 11 is 0. The molecule has 3 aromatic carbocycles. The maximum atomic E-state index is 13.6. The smallest absolute Gasteiger partial charge is 0.264 e. The number of fused-ring (bicyclic) bond motifs is 5. The molecule has 6 heteroatoms. The van der Waals surface area contributed by atoms with Gasteiger partial charge in [-0.2, -0.15) is 0 Å². The van der Waals surface area contributed by atoms with Gasteiger partial charge in [-0.15, -0.1) is 0 Å². The van der Waals surface area contributed by atoms with Gasteiger partial charge >= 0.3 is 0 Å². The molecule has 1 amide bonds. The van der Waals surface area contributed by atoms with Gasteiger partial charge in [-0.05, 0) is 55.0 Å². The fraction of sp³-hybridized carbons (Fsp3) is 0.250. The number of aryl methyl sites for hydroxylation is 1. The molecule has 1 fully saturated rings. The highest BCUT2D eigenvalue weighted by atomic mass is 16.2. The minimum atomic E-state index is -0.000342. The Kier molecular flexibility index (Phi) is 5.36. The number of aliphatic imine (C=N–C) groups is 1. The van der Waals surface area contributed by atoms with Crippen molar-refractivity contribution in [2.24, 2.45) is 4.99 Å². The van der Waals surface area contributed by atoms with E-state index in [-0.39, 0.29) is 11.9 Å². The first-order chi connectivity index (χ1) is 18.6. The molecule has 38 heavy (non-hydrogen) atoms. The second-order valence-electron chi connectivity index (χ2n) is 10.7. The number of carbonyl (C=O) groups is 1. The van der Waals surface area contributed by atoms with Crippen LogP contribution in [-0.4, -0.2) is 40.5 Å². The monoisotopic (exact) mass is 501 g/mol. The lowest BCUT2D eigenvalue weighted by Gasteiger charge is -2.36. The Morgan fingerprint density at radius 2 is 1.76 bits per heavy atom. The zero-order valence-corrected chi connectivity index (χ0v) is 21.8. The Labute approximate surface area is 223 Å². The molecular weight excluding hydrogens is 470 g/mol. The van der Waals surface area contributed by atoms with Crippen LogP contribution in [0.5, 0.6) is 0 Å². The molecule has 1 N–H and O–H groups in total. The lowest BCUT2D eigenvalue weighted by atomic mass is 10.0. The number of hydrogen-bond donors (Lipinski definition) is 1. The second kappa shape index (κ2) is 8.91. The highest BCUT2D eigenvalue weighted by Gasteiger charge is 2.48. The molecule has 4 aromatic rings. The first-order valence-corrected chi connectivity index (χ1v) is 13.4. The van der Waals surface area contributed by atoms with E-state index in [1.165, 1.54) is 28.7 Å². The van der Waals surface area contributed by atoms with E-state index in [9.17, 15) is 4.79 Å². The molecule has 0 saturated heterocycles. The van der Waals surface area contributed by atoms with Gasteiger partial charge in [0, 0.05) is 25.5 Å². The third kappa shape index (κ3) is 3.71. The summed E-state index contributed by atoms with van der Waals surface area (Å²) in [5.41, 5.74) is 7.55. The van der Waals surface area contributed by atoms with Crippen LogP contribution >= 0.6 is 0 Å². The Hall–Kier alpha value is -4.32. The number of para-hydroxylation sites is 1. The van der Waals surface area contributed by atoms with Crippen molar-refractivity contribution in [2.45, 2.75) is 44.8 Å². The zero-order valence-electron chi connectivity index (χ0n) is 21.8. The average Bonchev–Trinajstić information content (AvgIpc) is 3.62. The van der Waals surface area contributed by atoms with Gasteiger partial charge in [0.25, 0.3) is 5.91 Å². The summed E-state index contributed by atoms with van der Waals surface area (Å²) < 4.78 is 2.19. The molecule has 2 atom stereocenters. The second-order valence-corrected chi connectivity index (χ2v) is 10.7. The zero-order chi connectivity index (χ0) is 25.8. The standard InChI is InChI=1S/C32H31N5O/c1-21-8-6-9-24(18-21)23-16-14-22(15-17-23)19-36-20-26-29(30(36)33-25-10-4-3-5-11-25)37-28-13-7-12-27(28)34-32(37)35(2)31(26)38/h3-6,8-11,14-18,20,27-28,33H,7,12-13,19H2,1-2H3/t27-,28+/m1/s1. The van der Waals surface area contributed by atoms with Gasteiger partial charge in [0.05, 0.1) is 23.3 Å². The van der Waals surface area contributed by atoms with Gasteiger partial charge < -0.3 is 14.8 Å². The molecule has 1 saturated carbocycles. The van der Waals surface area contributed by atoms with Gasteiger partial charge in [0.15, 0.2) is 0 Å². The minimum Gasteiger partial charge on any atom is -0.340 e. The SMILES string of the molecule is Cc1cccc(-c2ccc(Cn3cc4c(c3Nc3ccccc3)N3C(=N[C@@H]5CCC[C@@H]53)N(C)C4=O)cc2)c1. The number of nitrogens with one attached hydrogen (secondary N) is 1. The summed E-state index contributed by atoms with van der Waals surface area (Å²) in [4.78, 5) is 22.6. The van der Waals surface area contributed by atoms with Crippen LogP contribution in [0.3, 0.4) is 0 Å². The molecule has 6 nitrogen and oxygen atoms in total. The van der Waals surface area contributed by atoms with Crippen LogP contribution in [0.15, 0.2) is 90.1 Å². The van der Waals surface area contributed by atoms with Crippen LogP contribution < -0.4 is 10.2 Å². The largest absolute Gasteiger partial charge is 0.340 e. The van der Waals surface area contributed by atoms with E-state index < -0.39 is 0 Å². The molecule has 0 spiro atoms. The quantitative estimate of drug-likeness (QED) is 0.342. The Morgan fingerprint density at radius 1 is 0.947 bits per heavy atom. The van der Waals surface area contributed by atoms with Crippen LogP contribution in [0.1, 0.15) is 40.7 Å². The number of anilines is 3. The number of benzene rings is 3. The summed E-state index contributed by atoms with van der Waals surface area (Å²) in [5.74, 6) is 1.73. The number of guanidine groups is 1. The third-order valence-electron chi connectivity index (χ3n) is 8.09. The van der Waals surface area contributed by atoms with E-state index in [4.69, 9.17) is 4.99 Å². The van der Waals surface area contributed by atoms with Crippen LogP contribution in [-0.2, 0) is 6.54 Å². The van der Waals surface area contributed by atoms with E-state index in [0.29, 0.717) is 12.6 Å². The van der Waals surface area contributed by atoms with Crippen LogP contribution in [0.25, 0.3) is 11.1 Å². The maximum Gasteiger partial charge on any atom is 0.264 e. The van der Waals surface area contributed by atoms with Crippen LogP contribution in [0, 0.1) is 6.92 Å². The fourth-order valence-corrected chi connectivity index (χ4v) is 6.20. The minimum absolute atomic E-state index is 0.000342. The normalized spacial score (nSPS) is 19.7. The Balaban J connectivity index is 1.30. The molecule has 7 rings (SSSR count). The number of hydrogen-bond acceptors (Lipinski definition) is 4. The summed E-state index contributed by atoms with van der Waals surface area (Å²) in [6.07, 6.45) is 5.37. The predicted octanol–water partition coefficient (Wildman–Crippen LogP) is 6.44. The topological polar surface area (TPSA) is 52.9 Å². The van der Waals surface area contributed by atoms with Crippen molar-refractivity contribution in [1.82, 2.24) is 9.47 Å². The fourth-order valence-electron chi connectivity index (χ4n) is 6.20. The van der Waals surface area contributed by atoms with Gasteiger partial charge in [-0.3, -0.25) is 9.69 Å². The molecule has 0 unspecified atom stereocenters. The molecule has 3 heterocycles. The van der Waals surface area contributed by atoms with E-state index in [0.717, 1.165) is 41.6 Å². The molecule has 190 valence electrons. The summed E-state index contributed by atoms with van der Waals surface area (Å²) in [5, 5.41) is 3.67. The summed E-state index contributed by atoms with van der Waals surface area (Å²) in [6, 6.07) is 28.1. The number of nitrogens with zero attached hydrogens (tertiary/aromatic N) is 4. The Morgan fingerprint density at radius 3 is 2.55 bits per heavy atom. The Bertz CT molecular complexity index is 1550. The molecule has 0 bridgehead atoms. The van der Waals surface area contributed by atoms with Crippen molar-refractivity contribution >= 4 is 29.1 Å².